The molecule has 0 atom stereocenters. The number of nitrogens with one attached hydrogen (secondary N) is 1. The predicted molar refractivity (Wildman–Crippen MR) is 39.0 cm³/mol. The van der Waals surface area contributed by atoms with E-state index in [2.05, 4.69) is 5.43 Å². The van der Waals surface area contributed by atoms with Gasteiger partial charge in [-0.05, 0) is 6.08 Å². The largest absolute Gasteiger partial charge is 0.396 e. The van der Waals surface area contributed by atoms with Crippen molar-refractivity contribution in [1.29, 1.82) is 0 Å². The summed E-state index contributed by atoms with van der Waals surface area (Å²) in [7, 11) is 1.62. The SMILES string of the molecule is CON1CC=C2C(N)=CNN21. The molecule has 5 nitrogen and oxygen atoms in total. The van der Waals surface area contributed by atoms with Crippen molar-refractivity contribution in [3.05, 3.63) is 23.7 Å². The molecule has 2 heterocycles. The number of hydrazine groups is 2. The quantitative estimate of drug-likeness (QED) is 0.522. The zero-order chi connectivity index (χ0) is 7.84. The van der Waals surface area contributed by atoms with Crippen molar-refractivity contribution < 1.29 is 4.84 Å². The Hall–Kier alpha value is -1.20. The summed E-state index contributed by atoms with van der Waals surface area (Å²) in [5, 5.41) is 3.43. The summed E-state index contributed by atoms with van der Waals surface area (Å²) < 4.78 is 0. The molecule has 2 aliphatic rings. The van der Waals surface area contributed by atoms with Gasteiger partial charge in [-0.1, -0.05) is 5.17 Å². The fourth-order valence-electron chi connectivity index (χ4n) is 1.19. The van der Waals surface area contributed by atoms with Crippen LogP contribution in [0.4, 0.5) is 0 Å². The molecule has 0 bridgehead atoms. The lowest BCUT2D eigenvalue weighted by Gasteiger charge is -2.24. The average Bonchev–Trinajstić information content (AvgIpc) is 2.53. The van der Waals surface area contributed by atoms with Crippen molar-refractivity contribution in [1.82, 2.24) is 15.7 Å². The van der Waals surface area contributed by atoms with E-state index in [-0.39, 0.29) is 0 Å². The number of rotatable bonds is 1. The molecule has 5 heteroatoms. The molecule has 60 valence electrons. The summed E-state index contributed by atoms with van der Waals surface area (Å²) >= 11 is 0. The minimum Gasteiger partial charge on any atom is -0.396 e. The lowest BCUT2D eigenvalue weighted by atomic mass is 10.3. The summed E-state index contributed by atoms with van der Waals surface area (Å²) in [5.74, 6) is 0. The molecule has 3 N–H and O–H groups in total. The van der Waals surface area contributed by atoms with Gasteiger partial charge in [-0.3, -0.25) is 10.3 Å². The van der Waals surface area contributed by atoms with Crippen LogP contribution in [-0.2, 0) is 4.84 Å². The van der Waals surface area contributed by atoms with Gasteiger partial charge in [0.05, 0.1) is 19.4 Å². The first-order chi connectivity index (χ1) is 5.33. The number of fused-ring (bicyclic) bond motifs is 1. The highest BCUT2D eigenvalue weighted by atomic mass is 16.7. The van der Waals surface area contributed by atoms with E-state index in [9.17, 15) is 0 Å². The molecule has 0 fully saturated rings. The fraction of sp³-hybridized carbons (Fsp3) is 0.333. The Kier molecular flexibility index (Phi) is 1.27. The topological polar surface area (TPSA) is 53.8 Å². The van der Waals surface area contributed by atoms with E-state index in [1.807, 2.05) is 6.08 Å². The number of hydrogen-bond donors (Lipinski definition) is 2. The van der Waals surface area contributed by atoms with E-state index in [1.165, 1.54) is 0 Å². The van der Waals surface area contributed by atoms with Crippen LogP contribution in [0.2, 0.25) is 0 Å². The van der Waals surface area contributed by atoms with Gasteiger partial charge in [-0.2, -0.15) is 5.12 Å². The molecule has 0 amide bonds. The van der Waals surface area contributed by atoms with E-state index in [0.717, 1.165) is 17.9 Å². The van der Waals surface area contributed by atoms with E-state index in [0.29, 0.717) is 0 Å². The zero-order valence-electron chi connectivity index (χ0n) is 6.24. The maximum absolute atomic E-state index is 5.64. The van der Waals surface area contributed by atoms with E-state index >= 15 is 0 Å². The Morgan fingerprint density at radius 3 is 3.27 bits per heavy atom. The molecule has 0 aromatic heterocycles. The van der Waals surface area contributed by atoms with E-state index in [4.69, 9.17) is 10.6 Å². The van der Waals surface area contributed by atoms with Gasteiger partial charge in [0, 0.05) is 6.20 Å². The Labute approximate surface area is 64.6 Å². The molecular weight excluding hydrogens is 144 g/mol. The van der Waals surface area contributed by atoms with Gasteiger partial charge in [0.2, 0.25) is 0 Å². The van der Waals surface area contributed by atoms with Crippen LogP contribution < -0.4 is 11.2 Å². The van der Waals surface area contributed by atoms with Crippen LogP contribution in [0.1, 0.15) is 0 Å². The molecule has 0 saturated carbocycles. The third kappa shape index (κ3) is 0.783. The minimum absolute atomic E-state index is 0.730. The first kappa shape index (κ1) is 6.51. The molecule has 0 aromatic carbocycles. The minimum atomic E-state index is 0.730. The normalized spacial score (nSPS) is 22.8. The second kappa shape index (κ2) is 2.14. The van der Waals surface area contributed by atoms with Crippen molar-refractivity contribution in [2.45, 2.75) is 0 Å². The highest BCUT2D eigenvalue weighted by molar-refractivity contribution is 5.31. The predicted octanol–water partition coefficient (Wildman–Crippen LogP) is -0.717. The molecule has 11 heavy (non-hydrogen) atoms. The van der Waals surface area contributed by atoms with Gasteiger partial charge < -0.3 is 5.73 Å². The third-order valence-electron chi connectivity index (χ3n) is 1.74. The number of nitrogens with zero attached hydrogens (tertiary/aromatic N) is 2. The van der Waals surface area contributed by atoms with Crippen LogP contribution in [0.5, 0.6) is 0 Å². The molecular formula is C6H10N4O. The van der Waals surface area contributed by atoms with E-state index in [1.54, 1.807) is 23.6 Å². The number of hydroxylamine groups is 1. The Balaban J connectivity index is 2.18. The lowest BCUT2D eigenvalue weighted by molar-refractivity contribution is -0.247. The smallest absolute Gasteiger partial charge is 0.100 e. The first-order valence-corrected chi connectivity index (χ1v) is 3.37. The van der Waals surface area contributed by atoms with Crippen LogP contribution in [-0.4, -0.2) is 23.9 Å². The van der Waals surface area contributed by atoms with Gasteiger partial charge in [-0.25, -0.2) is 0 Å². The summed E-state index contributed by atoms with van der Waals surface area (Å²) in [6, 6.07) is 0. The monoisotopic (exact) mass is 154 g/mol. The summed E-state index contributed by atoms with van der Waals surface area (Å²) in [5.41, 5.74) is 10.3. The Bertz CT molecular complexity index is 235. The molecule has 2 aliphatic heterocycles. The average molecular weight is 154 g/mol. The van der Waals surface area contributed by atoms with Crippen LogP contribution in [0.15, 0.2) is 23.7 Å². The van der Waals surface area contributed by atoms with Crippen molar-refractivity contribution in [2.75, 3.05) is 13.7 Å². The maximum Gasteiger partial charge on any atom is 0.100 e. The second-order valence-electron chi connectivity index (χ2n) is 2.35. The maximum atomic E-state index is 5.64. The Morgan fingerprint density at radius 1 is 1.73 bits per heavy atom. The van der Waals surface area contributed by atoms with Crippen LogP contribution in [0.25, 0.3) is 0 Å². The first-order valence-electron chi connectivity index (χ1n) is 3.37. The highest BCUT2D eigenvalue weighted by Gasteiger charge is 2.28. The van der Waals surface area contributed by atoms with Crippen molar-refractivity contribution >= 4 is 0 Å². The molecule has 0 saturated heterocycles. The van der Waals surface area contributed by atoms with Gasteiger partial charge in [0.1, 0.15) is 5.70 Å². The third-order valence-corrected chi connectivity index (χ3v) is 1.74. The fourth-order valence-corrected chi connectivity index (χ4v) is 1.19. The lowest BCUT2D eigenvalue weighted by Crippen LogP contribution is -2.41. The molecule has 0 radical (unpaired) electrons. The Morgan fingerprint density at radius 2 is 2.55 bits per heavy atom. The van der Waals surface area contributed by atoms with Crippen LogP contribution >= 0.6 is 0 Å². The van der Waals surface area contributed by atoms with E-state index < -0.39 is 0 Å². The van der Waals surface area contributed by atoms with Crippen LogP contribution in [0.3, 0.4) is 0 Å². The van der Waals surface area contributed by atoms with Crippen molar-refractivity contribution in [2.24, 2.45) is 5.73 Å². The van der Waals surface area contributed by atoms with Gasteiger partial charge in [0.25, 0.3) is 0 Å². The number of nitrogens with two attached hydrogens (primary N) is 1. The standard InChI is InChI=1S/C6H10N4O/c1-11-9-3-2-6-5(7)4-8-10(6)9/h2,4,8H,3,7H2,1H3. The summed E-state index contributed by atoms with van der Waals surface area (Å²) in [6.45, 7) is 0.730. The van der Waals surface area contributed by atoms with Gasteiger partial charge in [0.15, 0.2) is 0 Å². The van der Waals surface area contributed by atoms with Gasteiger partial charge in [-0.15, -0.1) is 0 Å². The molecule has 0 aromatic rings. The molecule has 0 aliphatic carbocycles. The molecule has 0 spiro atoms. The van der Waals surface area contributed by atoms with Crippen LogP contribution in [0, 0.1) is 0 Å². The second-order valence-corrected chi connectivity index (χ2v) is 2.35. The van der Waals surface area contributed by atoms with Crippen molar-refractivity contribution in [3.8, 4) is 0 Å². The van der Waals surface area contributed by atoms with Crippen molar-refractivity contribution in [3.63, 3.8) is 0 Å². The molecule has 2 rings (SSSR count). The zero-order valence-corrected chi connectivity index (χ0v) is 6.24. The summed E-state index contributed by atoms with van der Waals surface area (Å²) in [6.07, 6.45) is 3.73. The number of hydrogen-bond acceptors (Lipinski definition) is 5. The highest BCUT2D eigenvalue weighted by Crippen LogP contribution is 2.22. The van der Waals surface area contributed by atoms with Gasteiger partial charge >= 0.3 is 0 Å². The summed E-state index contributed by atoms with van der Waals surface area (Å²) in [4.78, 5) is 5.03. The molecule has 0 unspecified atom stereocenters.